The molecule has 3 rings (SSSR count). The van der Waals surface area contributed by atoms with Gasteiger partial charge in [-0.3, -0.25) is 28.4 Å². The molecule has 10 heteroatoms. The number of amides is 1. The lowest BCUT2D eigenvalue weighted by Crippen LogP contribution is -2.45. The van der Waals surface area contributed by atoms with Crippen molar-refractivity contribution in [2.45, 2.75) is 39.7 Å². The predicted octanol–water partition coefficient (Wildman–Crippen LogP) is 1.14. The molecule has 1 amide bonds. The molecule has 1 aliphatic heterocycles. The Balaban J connectivity index is 1.62. The van der Waals surface area contributed by atoms with Crippen molar-refractivity contribution >= 4 is 17.5 Å². The molecule has 36 heavy (non-hydrogen) atoms. The molecule has 0 bridgehead atoms. The molecule has 2 heterocycles. The van der Waals surface area contributed by atoms with E-state index in [2.05, 4.69) is 0 Å². The molecule has 0 radical (unpaired) electrons. The average Bonchev–Trinajstić information content (AvgIpc) is 3.09. The summed E-state index contributed by atoms with van der Waals surface area (Å²) in [5.74, 6) is 0.490. The van der Waals surface area contributed by atoms with Crippen LogP contribution in [0, 0.1) is 5.92 Å². The number of nitrogens with two attached hydrogens (primary N) is 1. The minimum atomic E-state index is -0.673. The summed E-state index contributed by atoms with van der Waals surface area (Å²) in [5.41, 5.74) is 5.88. The second kappa shape index (κ2) is 12.0. The van der Waals surface area contributed by atoms with E-state index < -0.39 is 17.0 Å². The minimum absolute atomic E-state index is 0.00714. The number of nitrogens with zero attached hydrogens (tertiary/aromatic N) is 4. The van der Waals surface area contributed by atoms with E-state index in [4.69, 9.17) is 10.5 Å². The first-order valence-corrected chi connectivity index (χ1v) is 12.4. The van der Waals surface area contributed by atoms with Crippen LogP contribution < -0.4 is 21.7 Å². The Kier molecular flexibility index (Phi) is 9.08. The summed E-state index contributed by atoms with van der Waals surface area (Å²) in [6, 6.07) is 7.69. The molecule has 0 saturated carbocycles. The number of rotatable bonds is 9. The molecule has 10 nitrogen and oxygen atoms in total. The number of anilines is 1. The summed E-state index contributed by atoms with van der Waals surface area (Å²) in [7, 11) is 2.98. The van der Waals surface area contributed by atoms with Crippen molar-refractivity contribution in [3.05, 3.63) is 56.2 Å². The van der Waals surface area contributed by atoms with Gasteiger partial charge in [-0.1, -0.05) is 26.0 Å². The molecule has 1 aromatic heterocycles. The molecule has 0 spiro atoms. The monoisotopic (exact) mass is 499 g/mol. The van der Waals surface area contributed by atoms with E-state index in [1.165, 1.54) is 11.6 Å². The standard InChI is InChI=1S/C26H37N5O5/c1-18(2)16-31-24(27)23(25(34)28(3)26(31)35)21(32)17-29-12-5-13-30(15-14-29)22(33)11-8-19-6-9-20(36-4)10-7-19/h6-7,9-10,18H,5,8,11-17,27H2,1-4H3. The lowest BCUT2D eigenvalue weighted by molar-refractivity contribution is -0.131. The van der Waals surface area contributed by atoms with E-state index in [1.54, 1.807) is 7.11 Å². The molecule has 1 saturated heterocycles. The highest BCUT2D eigenvalue weighted by molar-refractivity contribution is 6.01. The first-order chi connectivity index (χ1) is 17.1. The number of Topliss-reactive ketones (excluding diaryl/α,β-unsaturated/α-hetero) is 1. The van der Waals surface area contributed by atoms with Crippen LogP contribution in [-0.4, -0.2) is 70.5 Å². The van der Waals surface area contributed by atoms with Crippen LogP contribution in [0.25, 0.3) is 0 Å². The Morgan fingerprint density at radius 2 is 1.75 bits per heavy atom. The Morgan fingerprint density at radius 1 is 1.06 bits per heavy atom. The Bertz CT molecular complexity index is 1200. The number of carbonyl (C=O) groups excluding carboxylic acids is 2. The molecule has 0 atom stereocenters. The highest BCUT2D eigenvalue weighted by Crippen LogP contribution is 2.14. The van der Waals surface area contributed by atoms with Crippen molar-refractivity contribution in [2.75, 3.05) is 45.6 Å². The Hall–Kier alpha value is -3.40. The first kappa shape index (κ1) is 27.2. The normalized spacial score (nSPS) is 14.6. The van der Waals surface area contributed by atoms with Crippen molar-refractivity contribution in [1.82, 2.24) is 18.9 Å². The van der Waals surface area contributed by atoms with Crippen LogP contribution in [0.2, 0.25) is 0 Å². The third kappa shape index (κ3) is 6.42. The topological polar surface area (TPSA) is 120 Å². The van der Waals surface area contributed by atoms with Gasteiger partial charge < -0.3 is 15.4 Å². The van der Waals surface area contributed by atoms with Gasteiger partial charge in [-0.15, -0.1) is 0 Å². The molecule has 2 N–H and O–H groups in total. The second-order valence-electron chi connectivity index (χ2n) is 9.69. The molecular formula is C26H37N5O5. The third-order valence-corrected chi connectivity index (χ3v) is 6.50. The van der Waals surface area contributed by atoms with E-state index in [9.17, 15) is 19.2 Å². The molecule has 196 valence electrons. The van der Waals surface area contributed by atoms with Crippen LogP contribution in [0.5, 0.6) is 5.75 Å². The van der Waals surface area contributed by atoms with Crippen molar-refractivity contribution in [1.29, 1.82) is 0 Å². The summed E-state index contributed by atoms with van der Waals surface area (Å²) < 4.78 is 7.41. The summed E-state index contributed by atoms with van der Waals surface area (Å²) in [6.45, 7) is 6.46. The lowest BCUT2D eigenvalue weighted by Gasteiger charge is -2.22. The number of benzene rings is 1. The summed E-state index contributed by atoms with van der Waals surface area (Å²) in [5, 5.41) is 0. The number of hydrogen-bond donors (Lipinski definition) is 1. The number of nitrogen functional groups attached to an aromatic ring is 1. The maximum atomic E-state index is 13.1. The highest BCUT2D eigenvalue weighted by Gasteiger charge is 2.25. The zero-order chi connectivity index (χ0) is 26.4. The zero-order valence-electron chi connectivity index (χ0n) is 21.7. The number of hydrogen-bond acceptors (Lipinski definition) is 7. The summed E-state index contributed by atoms with van der Waals surface area (Å²) >= 11 is 0. The number of ether oxygens (including phenoxy) is 1. The fourth-order valence-corrected chi connectivity index (χ4v) is 4.45. The fraction of sp³-hybridized carbons (Fsp3) is 0.538. The average molecular weight is 500 g/mol. The molecule has 0 aliphatic carbocycles. The van der Waals surface area contributed by atoms with Gasteiger partial charge in [0.15, 0.2) is 5.78 Å². The van der Waals surface area contributed by atoms with Gasteiger partial charge in [0.2, 0.25) is 5.91 Å². The fourth-order valence-electron chi connectivity index (χ4n) is 4.45. The quantitative estimate of drug-likeness (QED) is 0.514. The van der Waals surface area contributed by atoms with E-state index in [-0.39, 0.29) is 29.8 Å². The molecule has 1 aliphatic rings. The maximum absolute atomic E-state index is 13.1. The third-order valence-electron chi connectivity index (χ3n) is 6.50. The van der Waals surface area contributed by atoms with E-state index in [0.717, 1.165) is 22.3 Å². The van der Waals surface area contributed by atoms with Crippen LogP contribution in [-0.2, 0) is 24.8 Å². The van der Waals surface area contributed by atoms with Gasteiger partial charge in [-0.05, 0) is 36.5 Å². The van der Waals surface area contributed by atoms with Crippen molar-refractivity contribution < 1.29 is 14.3 Å². The molecule has 1 fully saturated rings. The van der Waals surface area contributed by atoms with E-state index >= 15 is 0 Å². The Labute approximate surface area is 211 Å². The number of aromatic nitrogens is 2. The van der Waals surface area contributed by atoms with Crippen LogP contribution in [0.4, 0.5) is 5.82 Å². The maximum Gasteiger partial charge on any atom is 0.332 e. The van der Waals surface area contributed by atoms with Crippen LogP contribution in [0.15, 0.2) is 33.9 Å². The smallest absolute Gasteiger partial charge is 0.332 e. The lowest BCUT2D eigenvalue weighted by atomic mass is 10.1. The molecule has 1 aromatic carbocycles. The molecule has 2 aromatic rings. The van der Waals surface area contributed by atoms with Gasteiger partial charge in [0.05, 0.1) is 13.7 Å². The SMILES string of the molecule is COc1ccc(CCC(=O)N2CCCN(CC(=O)c3c(N)n(CC(C)C)c(=O)n(C)c3=O)CC2)cc1. The predicted molar refractivity (Wildman–Crippen MR) is 138 cm³/mol. The van der Waals surface area contributed by atoms with Gasteiger partial charge in [0, 0.05) is 46.2 Å². The van der Waals surface area contributed by atoms with Crippen molar-refractivity contribution in [3.8, 4) is 5.75 Å². The highest BCUT2D eigenvalue weighted by atomic mass is 16.5. The van der Waals surface area contributed by atoms with Crippen LogP contribution in [0.3, 0.4) is 0 Å². The first-order valence-electron chi connectivity index (χ1n) is 12.4. The van der Waals surface area contributed by atoms with Crippen molar-refractivity contribution in [2.24, 2.45) is 13.0 Å². The van der Waals surface area contributed by atoms with Gasteiger partial charge in [0.1, 0.15) is 17.1 Å². The van der Waals surface area contributed by atoms with Gasteiger partial charge >= 0.3 is 5.69 Å². The second-order valence-corrected chi connectivity index (χ2v) is 9.69. The summed E-state index contributed by atoms with van der Waals surface area (Å²) in [6.07, 6.45) is 1.79. The van der Waals surface area contributed by atoms with E-state index in [1.807, 2.05) is 47.9 Å². The van der Waals surface area contributed by atoms with Crippen molar-refractivity contribution in [3.63, 3.8) is 0 Å². The van der Waals surface area contributed by atoms with Gasteiger partial charge in [-0.25, -0.2) is 4.79 Å². The zero-order valence-corrected chi connectivity index (χ0v) is 21.7. The van der Waals surface area contributed by atoms with Gasteiger partial charge in [0.25, 0.3) is 5.56 Å². The number of aryl methyl sites for hydroxylation is 1. The molecular weight excluding hydrogens is 462 g/mol. The van der Waals surface area contributed by atoms with Crippen LogP contribution in [0.1, 0.15) is 42.6 Å². The Morgan fingerprint density at radius 3 is 2.39 bits per heavy atom. The van der Waals surface area contributed by atoms with Gasteiger partial charge in [-0.2, -0.15) is 0 Å². The largest absolute Gasteiger partial charge is 0.497 e. The summed E-state index contributed by atoms with van der Waals surface area (Å²) in [4.78, 5) is 55.0. The number of carbonyl (C=O) groups is 2. The minimum Gasteiger partial charge on any atom is -0.497 e. The molecule has 0 unspecified atom stereocenters. The number of methoxy groups -OCH3 is 1. The number of ketones is 1. The van der Waals surface area contributed by atoms with Crippen LogP contribution >= 0.6 is 0 Å². The van der Waals surface area contributed by atoms with E-state index in [0.29, 0.717) is 45.6 Å².